The first-order valence-corrected chi connectivity index (χ1v) is 8.22. The number of rotatable bonds is 1. The van der Waals surface area contributed by atoms with Gasteiger partial charge in [0, 0.05) is 13.1 Å². The van der Waals surface area contributed by atoms with E-state index < -0.39 is 0 Å². The zero-order valence-electron chi connectivity index (χ0n) is 11.7. The van der Waals surface area contributed by atoms with Crippen LogP contribution in [-0.2, 0) is 0 Å². The quantitative estimate of drug-likeness (QED) is 0.827. The van der Waals surface area contributed by atoms with Crippen molar-refractivity contribution < 1.29 is 4.79 Å². The summed E-state index contributed by atoms with van der Waals surface area (Å²) in [4.78, 5) is 19.1. The molecule has 2 saturated heterocycles. The Hall–Kier alpha value is -1.14. The zero-order valence-corrected chi connectivity index (χ0v) is 12.5. The molecular formula is C14H22N4OS. The second kappa shape index (κ2) is 5.69. The second-order valence-electron chi connectivity index (χ2n) is 5.96. The van der Waals surface area contributed by atoms with Crippen molar-refractivity contribution in [1.82, 2.24) is 15.2 Å². The van der Waals surface area contributed by atoms with Crippen LogP contribution in [-0.4, -0.2) is 42.0 Å². The second-order valence-corrected chi connectivity index (χ2v) is 7.02. The topological polar surface area (TPSA) is 71.2 Å². The van der Waals surface area contributed by atoms with Gasteiger partial charge in [-0.05, 0) is 50.6 Å². The highest BCUT2D eigenvalue weighted by atomic mass is 32.1. The smallest absolute Gasteiger partial charge is 0.265 e. The van der Waals surface area contributed by atoms with Crippen LogP contribution in [0.15, 0.2) is 6.20 Å². The number of nitrogen functional groups attached to an aromatic ring is 1. The molecule has 0 aromatic carbocycles. The van der Waals surface area contributed by atoms with Crippen molar-refractivity contribution in [2.45, 2.75) is 32.1 Å². The summed E-state index contributed by atoms with van der Waals surface area (Å²) < 4.78 is 0. The van der Waals surface area contributed by atoms with Gasteiger partial charge in [0.1, 0.15) is 4.88 Å². The molecule has 6 heteroatoms. The minimum absolute atomic E-state index is 0.102. The van der Waals surface area contributed by atoms with Crippen molar-refractivity contribution >= 4 is 22.4 Å². The number of piperidine rings is 1. The third kappa shape index (κ3) is 2.81. The van der Waals surface area contributed by atoms with E-state index in [-0.39, 0.29) is 5.91 Å². The van der Waals surface area contributed by atoms with Crippen molar-refractivity contribution in [3.63, 3.8) is 0 Å². The van der Waals surface area contributed by atoms with Crippen LogP contribution in [0.5, 0.6) is 0 Å². The first-order chi connectivity index (χ1) is 9.69. The lowest BCUT2D eigenvalue weighted by molar-refractivity contribution is 0.0755. The van der Waals surface area contributed by atoms with Crippen LogP contribution in [0.3, 0.4) is 0 Å². The minimum Gasteiger partial charge on any atom is -0.375 e. The fraction of sp³-hybridized carbons (Fsp3) is 0.714. The maximum absolute atomic E-state index is 12.5. The average molecular weight is 294 g/mol. The average Bonchev–Trinajstić information content (AvgIpc) is 2.79. The van der Waals surface area contributed by atoms with E-state index in [2.05, 4.69) is 10.3 Å². The summed E-state index contributed by atoms with van der Waals surface area (Å²) in [5.41, 5.74) is 6.08. The largest absolute Gasteiger partial charge is 0.375 e. The van der Waals surface area contributed by atoms with Crippen molar-refractivity contribution in [3.05, 3.63) is 11.1 Å². The molecule has 0 radical (unpaired) electrons. The molecule has 2 aliphatic rings. The van der Waals surface area contributed by atoms with Gasteiger partial charge < -0.3 is 16.0 Å². The Kier molecular flexibility index (Phi) is 3.94. The highest BCUT2D eigenvalue weighted by Crippen LogP contribution is 2.39. The van der Waals surface area contributed by atoms with E-state index in [0.717, 1.165) is 39.0 Å². The van der Waals surface area contributed by atoms with Crippen LogP contribution >= 0.6 is 11.3 Å². The van der Waals surface area contributed by atoms with E-state index in [0.29, 0.717) is 15.4 Å². The van der Waals surface area contributed by atoms with Gasteiger partial charge in [0.25, 0.3) is 5.91 Å². The van der Waals surface area contributed by atoms with E-state index in [1.165, 1.54) is 30.6 Å². The van der Waals surface area contributed by atoms with E-state index >= 15 is 0 Å². The van der Waals surface area contributed by atoms with Gasteiger partial charge in [-0.15, -0.1) is 0 Å². The number of hydrogen-bond acceptors (Lipinski definition) is 5. The first-order valence-electron chi connectivity index (χ1n) is 7.40. The third-order valence-electron chi connectivity index (χ3n) is 4.73. The predicted octanol–water partition coefficient (Wildman–Crippen LogP) is 1.72. The number of carbonyl (C=O) groups is 1. The Bertz CT molecular complexity index is 481. The van der Waals surface area contributed by atoms with Crippen LogP contribution in [0, 0.1) is 5.41 Å². The maximum Gasteiger partial charge on any atom is 0.265 e. The molecule has 110 valence electrons. The Labute approximate surface area is 123 Å². The standard InChI is InChI=1S/C14H22N4OS/c15-13-17-10-11(20-13)12(19)18-8-1-2-14(5-9-18)3-6-16-7-4-14/h10,16H,1-9H2,(H2,15,17). The maximum atomic E-state index is 12.5. The molecule has 1 aromatic rings. The number of thiazole rings is 1. The van der Waals surface area contributed by atoms with Crippen molar-refractivity contribution in [2.24, 2.45) is 5.41 Å². The van der Waals surface area contributed by atoms with E-state index in [9.17, 15) is 4.79 Å². The number of nitrogens with two attached hydrogens (primary N) is 1. The summed E-state index contributed by atoms with van der Waals surface area (Å²) in [7, 11) is 0. The van der Waals surface area contributed by atoms with Gasteiger partial charge in [-0.1, -0.05) is 11.3 Å². The molecule has 0 bridgehead atoms. The normalized spacial score (nSPS) is 22.7. The zero-order chi connectivity index (χ0) is 14.0. The number of nitrogens with one attached hydrogen (secondary N) is 1. The molecule has 3 N–H and O–H groups in total. The fourth-order valence-corrected chi connectivity index (χ4v) is 4.11. The molecule has 3 heterocycles. The Morgan fingerprint density at radius 3 is 2.80 bits per heavy atom. The molecule has 20 heavy (non-hydrogen) atoms. The van der Waals surface area contributed by atoms with Crippen molar-refractivity contribution in [3.8, 4) is 0 Å². The molecule has 0 aliphatic carbocycles. The summed E-state index contributed by atoms with van der Waals surface area (Å²) in [6.45, 7) is 3.99. The number of amides is 1. The van der Waals surface area contributed by atoms with Crippen molar-refractivity contribution in [2.75, 3.05) is 31.9 Å². The lowest BCUT2D eigenvalue weighted by Gasteiger charge is -2.37. The summed E-state index contributed by atoms with van der Waals surface area (Å²) >= 11 is 1.29. The molecule has 0 saturated carbocycles. The summed E-state index contributed by atoms with van der Waals surface area (Å²) in [6.07, 6.45) is 7.61. The number of likely N-dealkylation sites (tertiary alicyclic amines) is 1. The van der Waals surface area contributed by atoms with Gasteiger partial charge in [-0.2, -0.15) is 0 Å². The van der Waals surface area contributed by atoms with E-state index in [1.807, 2.05) is 4.90 Å². The number of nitrogens with zero attached hydrogens (tertiary/aromatic N) is 2. The van der Waals surface area contributed by atoms with Crippen LogP contribution in [0.2, 0.25) is 0 Å². The van der Waals surface area contributed by atoms with Gasteiger partial charge in [-0.25, -0.2) is 4.98 Å². The first kappa shape index (κ1) is 13.8. The summed E-state index contributed by atoms with van der Waals surface area (Å²) in [6, 6.07) is 0. The van der Waals surface area contributed by atoms with Crippen LogP contribution < -0.4 is 11.1 Å². The summed E-state index contributed by atoms with van der Waals surface area (Å²) in [5.74, 6) is 0.102. The van der Waals surface area contributed by atoms with Gasteiger partial charge in [0.2, 0.25) is 0 Å². The molecule has 1 amide bonds. The van der Waals surface area contributed by atoms with Crippen molar-refractivity contribution in [1.29, 1.82) is 0 Å². The van der Waals surface area contributed by atoms with Gasteiger partial charge in [0.05, 0.1) is 6.20 Å². The molecule has 2 aliphatic heterocycles. The predicted molar refractivity (Wildman–Crippen MR) is 80.8 cm³/mol. The van der Waals surface area contributed by atoms with Gasteiger partial charge in [-0.3, -0.25) is 4.79 Å². The van der Waals surface area contributed by atoms with Gasteiger partial charge >= 0.3 is 0 Å². The van der Waals surface area contributed by atoms with E-state index in [4.69, 9.17) is 5.73 Å². The van der Waals surface area contributed by atoms with Crippen LogP contribution in [0.25, 0.3) is 0 Å². The fourth-order valence-electron chi connectivity index (χ4n) is 3.46. The molecule has 0 atom stereocenters. The van der Waals surface area contributed by atoms with Gasteiger partial charge in [0.15, 0.2) is 5.13 Å². The number of hydrogen-bond donors (Lipinski definition) is 2. The molecule has 1 spiro atoms. The molecule has 3 rings (SSSR count). The SMILES string of the molecule is Nc1ncc(C(=O)N2CCCC3(CCNCC3)CC2)s1. The third-order valence-corrected chi connectivity index (χ3v) is 5.55. The molecule has 2 fully saturated rings. The highest BCUT2D eigenvalue weighted by Gasteiger charge is 2.35. The Balaban J connectivity index is 1.66. The Morgan fingerprint density at radius 2 is 2.10 bits per heavy atom. The van der Waals surface area contributed by atoms with E-state index in [1.54, 1.807) is 6.20 Å². The van der Waals surface area contributed by atoms with Crippen LogP contribution in [0.1, 0.15) is 41.8 Å². The molecule has 5 nitrogen and oxygen atoms in total. The number of carbonyl (C=O) groups excluding carboxylic acids is 1. The minimum atomic E-state index is 0.102. The summed E-state index contributed by atoms with van der Waals surface area (Å²) in [5, 5.41) is 3.91. The van der Waals surface area contributed by atoms with Crippen LogP contribution in [0.4, 0.5) is 5.13 Å². The monoisotopic (exact) mass is 294 g/mol. The molecular weight excluding hydrogens is 272 g/mol. The highest BCUT2D eigenvalue weighted by molar-refractivity contribution is 7.17. The number of aromatic nitrogens is 1. The molecule has 1 aromatic heterocycles. The lowest BCUT2D eigenvalue weighted by Crippen LogP contribution is -2.38. The Morgan fingerprint density at radius 1 is 1.30 bits per heavy atom. The number of anilines is 1. The molecule has 0 unspecified atom stereocenters. The lowest BCUT2D eigenvalue weighted by atomic mass is 9.73.